The molecule has 2 aromatic carbocycles. The normalized spacial score (nSPS) is 11.9. The standard InChI is InChI=1S/C17H17NO/c1-12-6-13(2)8-15(7-12)10-17(19)16-5-3-4-14(9-16)11-18/h3-9,17,19H,10H2,1-2H3. The maximum absolute atomic E-state index is 10.3. The molecule has 2 rings (SSSR count). The van der Waals surface area contributed by atoms with Crippen molar-refractivity contribution < 1.29 is 5.11 Å². The maximum atomic E-state index is 10.3. The van der Waals surface area contributed by atoms with Gasteiger partial charge in [0, 0.05) is 6.42 Å². The third-order valence-corrected chi connectivity index (χ3v) is 3.11. The SMILES string of the molecule is Cc1cc(C)cc(CC(O)c2cccc(C#N)c2)c1. The van der Waals surface area contributed by atoms with Gasteiger partial charge in [-0.15, -0.1) is 0 Å². The summed E-state index contributed by atoms with van der Waals surface area (Å²) in [5, 5.41) is 19.1. The molecule has 19 heavy (non-hydrogen) atoms. The molecule has 0 bridgehead atoms. The Balaban J connectivity index is 2.20. The van der Waals surface area contributed by atoms with Gasteiger partial charge in [-0.05, 0) is 37.1 Å². The van der Waals surface area contributed by atoms with Crippen molar-refractivity contribution in [3.63, 3.8) is 0 Å². The number of aliphatic hydroxyl groups is 1. The van der Waals surface area contributed by atoms with Crippen molar-refractivity contribution in [2.75, 3.05) is 0 Å². The lowest BCUT2D eigenvalue weighted by molar-refractivity contribution is 0.178. The molecule has 0 heterocycles. The van der Waals surface area contributed by atoms with Gasteiger partial charge < -0.3 is 5.11 Å². The first-order valence-electron chi connectivity index (χ1n) is 6.34. The smallest absolute Gasteiger partial charge is 0.0991 e. The van der Waals surface area contributed by atoms with E-state index in [9.17, 15) is 5.11 Å². The van der Waals surface area contributed by atoms with Gasteiger partial charge in [0.05, 0.1) is 17.7 Å². The summed E-state index contributed by atoms with van der Waals surface area (Å²) < 4.78 is 0. The Hall–Kier alpha value is -2.11. The number of hydrogen-bond acceptors (Lipinski definition) is 2. The van der Waals surface area contributed by atoms with Crippen LogP contribution in [0.3, 0.4) is 0 Å². The highest BCUT2D eigenvalue weighted by Gasteiger charge is 2.09. The largest absolute Gasteiger partial charge is 0.388 e. The second-order valence-electron chi connectivity index (χ2n) is 4.95. The summed E-state index contributed by atoms with van der Waals surface area (Å²) in [6.07, 6.45) is -0.00767. The lowest BCUT2D eigenvalue weighted by Crippen LogP contribution is -2.02. The van der Waals surface area contributed by atoms with Gasteiger partial charge in [-0.2, -0.15) is 5.26 Å². The van der Waals surface area contributed by atoms with Gasteiger partial charge in [-0.25, -0.2) is 0 Å². The van der Waals surface area contributed by atoms with Crippen LogP contribution < -0.4 is 0 Å². The summed E-state index contributed by atoms with van der Waals surface area (Å²) in [5.41, 5.74) is 4.89. The molecule has 0 aliphatic heterocycles. The number of aliphatic hydroxyl groups excluding tert-OH is 1. The minimum Gasteiger partial charge on any atom is -0.388 e. The zero-order valence-electron chi connectivity index (χ0n) is 11.2. The highest BCUT2D eigenvalue weighted by Crippen LogP contribution is 2.20. The van der Waals surface area contributed by atoms with Crippen molar-refractivity contribution in [2.24, 2.45) is 0 Å². The van der Waals surface area contributed by atoms with Gasteiger partial charge >= 0.3 is 0 Å². The van der Waals surface area contributed by atoms with Crippen LogP contribution in [0.25, 0.3) is 0 Å². The van der Waals surface area contributed by atoms with Gasteiger partial charge in [-0.1, -0.05) is 41.5 Å². The molecule has 0 radical (unpaired) electrons. The molecule has 1 N–H and O–H groups in total. The van der Waals surface area contributed by atoms with Crippen molar-refractivity contribution in [1.82, 2.24) is 0 Å². The second kappa shape index (κ2) is 5.69. The van der Waals surface area contributed by atoms with Gasteiger partial charge in [-0.3, -0.25) is 0 Å². The summed E-state index contributed by atoms with van der Waals surface area (Å²) in [6.45, 7) is 4.11. The minimum absolute atomic E-state index is 0.567. The van der Waals surface area contributed by atoms with E-state index in [1.807, 2.05) is 6.07 Å². The zero-order valence-corrected chi connectivity index (χ0v) is 11.2. The maximum Gasteiger partial charge on any atom is 0.0991 e. The Morgan fingerprint density at radius 3 is 2.42 bits per heavy atom. The van der Waals surface area contributed by atoms with Crippen LogP contribution in [0.5, 0.6) is 0 Å². The first-order chi connectivity index (χ1) is 9.08. The average molecular weight is 251 g/mol. The topological polar surface area (TPSA) is 44.0 Å². The molecule has 2 nitrogen and oxygen atoms in total. The Morgan fingerprint density at radius 1 is 1.11 bits per heavy atom. The van der Waals surface area contributed by atoms with Crippen LogP contribution in [0, 0.1) is 25.2 Å². The van der Waals surface area contributed by atoms with Gasteiger partial charge in [0.1, 0.15) is 0 Å². The lowest BCUT2D eigenvalue weighted by atomic mass is 9.98. The van der Waals surface area contributed by atoms with E-state index in [1.165, 1.54) is 11.1 Å². The molecule has 0 saturated heterocycles. The predicted molar refractivity (Wildman–Crippen MR) is 75.7 cm³/mol. The van der Waals surface area contributed by atoms with Crippen molar-refractivity contribution in [3.8, 4) is 6.07 Å². The van der Waals surface area contributed by atoms with E-state index in [-0.39, 0.29) is 0 Å². The third kappa shape index (κ3) is 3.43. The Kier molecular flexibility index (Phi) is 3.99. The first-order valence-corrected chi connectivity index (χ1v) is 6.34. The Bertz CT molecular complexity index is 605. The number of hydrogen-bond donors (Lipinski definition) is 1. The fourth-order valence-corrected chi connectivity index (χ4v) is 2.34. The molecule has 2 aromatic rings. The Morgan fingerprint density at radius 2 is 1.79 bits per heavy atom. The summed E-state index contributed by atoms with van der Waals surface area (Å²) in [7, 11) is 0. The van der Waals surface area contributed by atoms with Gasteiger partial charge in [0.25, 0.3) is 0 Å². The molecular weight excluding hydrogens is 234 g/mol. The number of nitrogens with zero attached hydrogens (tertiary/aromatic N) is 1. The molecule has 0 saturated carbocycles. The molecule has 0 fully saturated rings. The van der Waals surface area contributed by atoms with E-state index in [0.29, 0.717) is 12.0 Å². The molecule has 0 aliphatic rings. The predicted octanol–water partition coefficient (Wildman–Crippen LogP) is 3.45. The highest BCUT2D eigenvalue weighted by atomic mass is 16.3. The molecule has 1 unspecified atom stereocenters. The van der Waals surface area contributed by atoms with Gasteiger partial charge in [0.15, 0.2) is 0 Å². The van der Waals surface area contributed by atoms with Crippen molar-refractivity contribution in [2.45, 2.75) is 26.4 Å². The van der Waals surface area contributed by atoms with Crippen LogP contribution in [0.4, 0.5) is 0 Å². The van der Waals surface area contributed by atoms with E-state index >= 15 is 0 Å². The summed E-state index contributed by atoms with van der Waals surface area (Å²) in [4.78, 5) is 0. The van der Waals surface area contributed by atoms with E-state index in [1.54, 1.807) is 18.2 Å². The molecule has 0 aliphatic carbocycles. The molecule has 2 heteroatoms. The van der Waals surface area contributed by atoms with Crippen molar-refractivity contribution in [1.29, 1.82) is 5.26 Å². The highest BCUT2D eigenvalue weighted by molar-refractivity contribution is 5.35. The number of nitriles is 1. The molecule has 0 spiro atoms. The van der Waals surface area contributed by atoms with Crippen LogP contribution >= 0.6 is 0 Å². The molecule has 1 atom stereocenters. The Labute approximate surface area is 114 Å². The number of aryl methyl sites for hydroxylation is 2. The van der Waals surface area contributed by atoms with E-state index in [4.69, 9.17) is 5.26 Å². The van der Waals surface area contributed by atoms with Crippen molar-refractivity contribution >= 4 is 0 Å². The third-order valence-electron chi connectivity index (χ3n) is 3.11. The number of benzene rings is 2. The minimum atomic E-state index is -0.575. The zero-order chi connectivity index (χ0) is 13.8. The van der Waals surface area contributed by atoms with Crippen LogP contribution in [-0.4, -0.2) is 5.11 Å². The summed E-state index contributed by atoms with van der Waals surface area (Å²) in [5.74, 6) is 0. The van der Waals surface area contributed by atoms with Crippen LogP contribution in [0.15, 0.2) is 42.5 Å². The lowest BCUT2D eigenvalue weighted by Gasteiger charge is -2.12. The molecular formula is C17H17NO. The second-order valence-corrected chi connectivity index (χ2v) is 4.95. The molecule has 96 valence electrons. The fraction of sp³-hybridized carbons (Fsp3) is 0.235. The van der Waals surface area contributed by atoms with E-state index in [0.717, 1.165) is 11.1 Å². The first kappa shape index (κ1) is 13.3. The van der Waals surface area contributed by atoms with Crippen LogP contribution in [0.1, 0.15) is 33.9 Å². The van der Waals surface area contributed by atoms with E-state index in [2.05, 4.69) is 38.1 Å². The summed E-state index contributed by atoms with van der Waals surface area (Å²) >= 11 is 0. The quantitative estimate of drug-likeness (QED) is 0.908. The molecule has 0 amide bonds. The summed E-state index contributed by atoms with van der Waals surface area (Å²) in [6, 6.07) is 15.5. The fourth-order valence-electron chi connectivity index (χ4n) is 2.34. The van der Waals surface area contributed by atoms with Gasteiger partial charge in [0.2, 0.25) is 0 Å². The van der Waals surface area contributed by atoms with Crippen LogP contribution in [-0.2, 0) is 6.42 Å². The molecule has 0 aromatic heterocycles. The van der Waals surface area contributed by atoms with Crippen molar-refractivity contribution in [3.05, 3.63) is 70.3 Å². The number of rotatable bonds is 3. The average Bonchev–Trinajstić information content (AvgIpc) is 2.37. The van der Waals surface area contributed by atoms with Crippen LogP contribution in [0.2, 0.25) is 0 Å². The van der Waals surface area contributed by atoms with E-state index < -0.39 is 6.10 Å². The monoisotopic (exact) mass is 251 g/mol.